The number of anilines is 1. The lowest BCUT2D eigenvalue weighted by Crippen LogP contribution is -2.48. The number of ether oxygens (including phenoxy) is 1. The molecule has 8 heteroatoms. The van der Waals surface area contributed by atoms with Gasteiger partial charge in [0.15, 0.2) is 5.96 Å². The second kappa shape index (κ2) is 12.1. The Balaban J connectivity index is 0.00000320. The molecule has 0 radical (unpaired) electrons. The van der Waals surface area contributed by atoms with Gasteiger partial charge in [0, 0.05) is 45.3 Å². The van der Waals surface area contributed by atoms with Crippen LogP contribution < -0.4 is 10.2 Å². The molecule has 2 heterocycles. The number of carbonyl (C=O) groups excluding carboxylic acids is 2. The Bertz CT molecular complexity index is 756. The Morgan fingerprint density at radius 3 is 2.83 bits per heavy atom. The maximum absolute atomic E-state index is 12.6. The summed E-state index contributed by atoms with van der Waals surface area (Å²) in [6.45, 7) is 5.20. The highest BCUT2D eigenvalue weighted by Crippen LogP contribution is 2.28. The van der Waals surface area contributed by atoms with Gasteiger partial charge in [-0.25, -0.2) is 0 Å². The maximum atomic E-state index is 12.6. The first-order chi connectivity index (χ1) is 14.1. The van der Waals surface area contributed by atoms with Gasteiger partial charge < -0.3 is 19.9 Å². The van der Waals surface area contributed by atoms with Gasteiger partial charge in [-0.05, 0) is 44.2 Å². The zero-order chi connectivity index (χ0) is 20.6. The number of benzene rings is 1. The summed E-state index contributed by atoms with van der Waals surface area (Å²) >= 11 is 0. The van der Waals surface area contributed by atoms with E-state index in [1.807, 2.05) is 30.0 Å². The molecule has 1 amide bonds. The van der Waals surface area contributed by atoms with E-state index in [9.17, 15) is 9.59 Å². The van der Waals surface area contributed by atoms with E-state index in [1.54, 1.807) is 7.05 Å². The third-order valence-electron chi connectivity index (χ3n) is 5.59. The third kappa shape index (κ3) is 6.09. The predicted molar refractivity (Wildman–Crippen MR) is 129 cm³/mol. The highest BCUT2D eigenvalue weighted by Gasteiger charge is 2.28. The van der Waals surface area contributed by atoms with Crippen molar-refractivity contribution in [1.82, 2.24) is 10.2 Å². The minimum atomic E-state index is -0.121. The van der Waals surface area contributed by atoms with Crippen LogP contribution in [-0.4, -0.2) is 62.6 Å². The molecule has 1 N–H and O–H groups in total. The van der Waals surface area contributed by atoms with Crippen LogP contribution in [0.25, 0.3) is 0 Å². The zero-order valence-electron chi connectivity index (χ0n) is 17.9. The van der Waals surface area contributed by atoms with Crippen molar-refractivity contribution in [3.05, 3.63) is 29.8 Å². The van der Waals surface area contributed by atoms with Crippen LogP contribution in [0.2, 0.25) is 0 Å². The molecule has 0 aliphatic carbocycles. The fourth-order valence-corrected chi connectivity index (χ4v) is 4.13. The van der Waals surface area contributed by atoms with Crippen molar-refractivity contribution in [2.75, 3.05) is 44.7 Å². The summed E-state index contributed by atoms with van der Waals surface area (Å²) < 4.78 is 5.17. The smallest absolute Gasteiger partial charge is 0.310 e. The number of esters is 1. The molecular weight excluding hydrogens is 495 g/mol. The van der Waals surface area contributed by atoms with Crippen molar-refractivity contribution < 1.29 is 14.3 Å². The van der Waals surface area contributed by atoms with E-state index in [4.69, 9.17) is 4.74 Å². The van der Waals surface area contributed by atoms with Crippen LogP contribution in [0.1, 0.15) is 38.2 Å². The molecule has 1 aromatic carbocycles. The number of amides is 1. The van der Waals surface area contributed by atoms with Gasteiger partial charge in [0.1, 0.15) is 0 Å². The highest BCUT2D eigenvalue weighted by atomic mass is 127. The monoisotopic (exact) mass is 528 g/mol. The number of rotatable bonds is 6. The number of nitrogens with zero attached hydrogens (tertiary/aromatic N) is 3. The van der Waals surface area contributed by atoms with Crippen LogP contribution in [0.5, 0.6) is 0 Å². The Labute approximate surface area is 196 Å². The molecular formula is C22H33IN4O3. The van der Waals surface area contributed by atoms with Gasteiger partial charge in [0.05, 0.1) is 12.5 Å². The Morgan fingerprint density at radius 1 is 1.27 bits per heavy atom. The van der Waals surface area contributed by atoms with Crippen LogP contribution in [0.3, 0.4) is 0 Å². The lowest BCUT2D eigenvalue weighted by Gasteiger charge is -2.34. The van der Waals surface area contributed by atoms with Gasteiger partial charge in [-0.15, -0.1) is 24.0 Å². The van der Waals surface area contributed by atoms with Crippen molar-refractivity contribution in [3.8, 4) is 0 Å². The molecule has 30 heavy (non-hydrogen) atoms. The number of likely N-dealkylation sites (tertiary alicyclic amines) is 1. The van der Waals surface area contributed by atoms with Gasteiger partial charge in [-0.2, -0.15) is 0 Å². The first kappa shape index (κ1) is 24.4. The van der Waals surface area contributed by atoms with Crippen LogP contribution in [0.4, 0.5) is 5.69 Å². The second-order valence-corrected chi connectivity index (χ2v) is 7.54. The molecule has 2 aliphatic rings. The SMILES string of the molecule is CCOC(=O)C1CCCN(C(=NC)NCCCC(=O)N2CCc3ccccc32)C1.I. The number of fused-ring (bicyclic) bond motifs is 1. The zero-order valence-corrected chi connectivity index (χ0v) is 20.3. The summed E-state index contributed by atoms with van der Waals surface area (Å²) in [5.41, 5.74) is 2.31. The average Bonchev–Trinajstić information content (AvgIpc) is 3.18. The molecule has 1 unspecified atom stereocenters. The Hall–Kier alpha value is -1.84. The van der Waals surface area contributed by atoms with E-state index in [0.29, 0.717) is 26.1 Å². The number of guanidine groups is 1. The van der Waals surface area contributed by atoms with Gasteiger partial charge in [-0.3, -0.25) is 14.6 Å². The first-order valence-electron chi connectivity index (χ1n) is 10.6. The lowest BCUT2D eigenvalue weighted by atomic mass is 9.98. The fourth-order valence-electron chi connectivity index (χ4n) is 4.13. The summed E-state index contributed by atoms with van der Waals surface area (Å²) in [5, 5.41) is 3.35. The van der Waals surface area contributed by atoms with E-state index < -0.39 is 0 Å². The van der Waals surface area contributed by atoms with Crippen LogP contribution in [-0.2, 0) is 20.7 Å². The van der Waals surface area contributed by atoms with Crippen LogP contribution in [0, 0.1) is 5.92 Å². The predicted octanol–water partition coefficient (Wildman–Crippen LogP) is 2.82. The molecule has 1 atom stereocenters. The largest absolute Gasteiger partial charge is 0.466 e. The third-order valence-corrected chi connectivity index (χ3v) is 5.59. The van der Waals surface area contributed by atoms with Crippen molar-refractivity contribution in [3.63, 3.8) is 0 Å². The number of carbonyl (C=O) groups is 2. The van der Waals surface area contributed by atoms with E-state index in [2.05, 4.69) is 21.3 Å². The van der Waals surface area contributed by atoms with Gasteiger partial charge >= 0.3 is 5.97 Å². The quantitative estimate of drug-likeness (QED) is 0.202. The van der Waals surface area contributed by atoms with Crippen molar-refractivity contribution >= 4 is 47.5 Å². The molecule has 0 aromatic heterocycles. The highest BCUT2D eigenvalue weighted by molar-refractivity contribution is 14.0. The molecule has 1 aromatic rings. The van der Waals surface area contributed by atoms with Crippen LogP contribution in [0.15, 0.2) is 29.3 Å². The molecule has 2 aliphatic heterocycles. The number of hydrogen-bond acceptors (Lipinski definition) is 4. The van der Waals surface area contributed by atoms with E-state index in [0.717, 1.165) is 50.4 Å². The summed E-state index contributed by atoms with van der Waals surface area (Å²) in [6, 6.07) is 8.13. The van der Waals surface area contributed by atoms with Gasteiger partial charge in [0.25, 0.3) is 0 Å². The maximum Gasteiger partial charge on any atom is 0.310 e. The molecule has 1 saturated heterocycles. The number of para-hydroxylation sites is 1. The van der Waals surface area contributed by atoms with Crippen LogP contribution >= 0.6 is 24.0 Å². The van der Waals surface area contributed by atoms with Crippen molar-refractivity contribution in [2.24, 2.45) is 10.9 Å². The minimum absolute atomic E-state index is 0. The second-order valence-electron chi connectivity index (χ2n) is 7.54. The number of hydrogen-bond donors (Lipinski definition) is 1. The van der Waals surface area contributed by atoms with Crippen molar-refractivity contribution in [2.45, 2.75) is 39.0 Å². The fraction of sp³-hybridized carbons (Fsp3) is 0.591. The molecule has 166 valence electrons. The topological polar surface area (TPSA) is 74.2 Å². The Kier molecular flexibility index (Phi) is 9.87. The van der Waals surface area contributed by atoms with E-state index in [1.165, 1.54) is 5.56 Å². The molecule has 0 saturated carbocycles. The number of piperidine rings is 1. The number of nitrogens with one attached hydrogen (secondary N) is 1. The van der Waals surface area contributed by atoms with Gasteiger partial charge in [-0.1, -0.05) is 18.2 Å². The Morgan fingerprint density at radius 2 is 2.07 bits per heavy atom. The van der Waals surface area contributed by atoms with E-state index in [-0.39, 0.29) is 41.8 Å². The first-order valence-corrected chi connectivity index (χ1v) is 10.6. The molecule has 3 rings (SSSR count). The molecule has 7 nitrogen and oxygen atoms in total. The number of halogens is 1. The summed E-state index contributed by atoms with van der Waals surface area (Å²) in [5.74, 6) is 0.744. The summed E-state index contributed by atoms with van der Waals surface area (Å²) in [6.07, 6.45) is 3.98. The molecule has 0 spiro atoms. The summed E-state index contributed by atoms with van der Waals surface area (Å²) in [7, 11) is 1.75. The van der Waals surface area contributed by atoms with E-state index >= 15 is 0 Å². The van der Waals surface area contributed by atoms with Gasteiger partial charge in [0.2, 0.25) is 5.91 Å². The molecule has 1 fully saturated rings. The number of aliphatic imine (C=N–C) groups is 1. The van der Waals surface area contributed by atoms with Crippen molar-refractivity contribution in [1.29, 1.82) is 0 Å². The standard InChI is InChI=1S/C22H32N4O3.HI/c1-3-29-21(28)18-9-7-14-25(16-18)22(23-2)24-13-6-11-20(27)26-15-12-17-8-4-5-10-19(17)26;/h4-5,8,10,18H,3,6-7,9,11-16H2,1-2H3,(H,23,24);1H. The normalized spacial score (nSPS) is 18.5. The minimum Gasteiger partial charge on any atom is -0.466 e. The average molecular weight is 528 g/mol. The lowest BCUT2D eigenvalue weighted by molar-refractivity contribution is -0.149. The summed E-state index contributed by atoms with van der Waals surface area (Å²) in [4.78, 5) is 33.0. The molecule has 0 bridgehead atoms.